The molecule has 1 nitrogen and oxygen atoms in total. The second-order valence-corrected chi connectivity index (χ2v) is 2.49. The Morgan fingerprint density at radius 1 is 1.50 bits per heavy atom. The average Bonchev–Trinajstić information content (AvgIpc) is 1.91. The Morgan fingerprint density at radius 2 is 2.10 bits per heavy atom. The first-order valence-electron chi connectivity index (χ1n) is 4.09. The molecule has 1 heterocycles. The summed E-state index contributed by atoms with van der Waals surface area (Å²) in [6.07, 6.45) is 2.25. The molecule has 0 aromatic heterocycles. The molecule has 60 valence electrons. The van der Waals surface area contributed by atoms with Crippen molar-refractivity contribution in [3.05, 3.63) is 12.3 Å². The first-order chi connectivity index (χ1) is 4.79. The highest BCUT2D eigenvalue weighted by Crippen LogP contribution is 2.19. The van der Waals surface area contributed by atoms with Gasteiger partial charge in [0.15, 0.2) is 0 Å². The van der Waals surface area contributed by atoms with Crippen LogP contribution in [-0.4, -0.2) is 6.61 Å². The standard InChI is InChI=1S/C7H12O.C2H6/c1-6-3-4-8-7(2)5-6;1-2/h6H,2-5H2,1H3;1-2H3. The fourth-order valence-electron chi connectivity index (χ4n) is 0.954. The van der Waals surface area contributed by atoms with Gasteiger partial charge in [-0.25, -0.2) is 0 Å². The quantitative estimate of drug-likeness (QED) is 0.505. The predicted octanol–water partition coefficient (Wildman–Crippen LogP) is 2.97. The Balaban J connectivity index is 0.000000371. The first-order valence-corrected chi connectivity index (χ1v) is 4.09. The van der Waals surface area contributed by atoms with Gasteiger partial charge in [-0.05, 0) is 12.3 Å². The summed E-state index contributed by atoms with van der Waals surface area (Å²) in [4.78, 5) is 0. The molecule has 1 heteroatoms. The number of allylic oxidation sites excluding steroid dienone is 1. The first kappa shape index (κ1) is 9.54. The monoisotopic (exact) mass is 142 g/mol. The van der Waals surface area contributed by atoms with E-state index < -0.39 is 0 Å². The van der Waals surface area contributed by atoms with E-state index in [1.54, 1.807) is 0 Å². The van der Waals surface area contributed by atoms with Crippen LogP contribution in [0.5, 0.6) is 0 Å². The third-order valence-electron chi connectivity index (χ3n) is 1.49. The molecule has 1 rings (SSSR count). The molecule has 0 aromatic carbocycles. The van der Waals surface area contributed by atoms with Crippen LogP contribution in [0.2, 0.25) is 0 Å². The van der Waals surface area contributed by atoms with E-state index in [0.717, 1.165) is 24.7 Å². The van der Waals surface area contributed by atoms with Gasteiger partial charge in [0, 0.05) is 6.42 Å². The Bertz CT molecular complexity index is 96.9. The summed E-state index contributed by atoms with van der Waals surface area (Å²) in [7, 11) is 0. The van der Waals surface area contributed by atoms with Crippen LogP contribution in [-0.2, 0) is 4.74 Å². The van der Waals surface area contributed by atoms with Crippen LogP contribution in [0.3, 0.4) is 0 Å². The van der Waals surface area contributed by atoms with Crippen LogP contribution in [0.25, 0.3) is 0 Å². The van der Waals surface area contributed by atoms with Crippen molar-refractivity contribution < 1.29 is 4.74 Å². The zero-order valence-corrected chi connectivity index (χ0v) is 7.31. The molecular formula is C9H18O. The van der Waals surface area contributed by atoms with Crippen molar-refractivity contribution in [1.29, 1.82) is 0 Å². The van der Waals surface area contributed by atoms with Gasteiger partial charge in [0.05, 0.1) is 12.4 Å². The molecule has 1 unspecified atom stereocenters. The second kappa shape index (κ2) is 5.33. The van der Waals surface area contributed by atoms with E-state index in [1.807, 2.05) is 13.8 Å². The summed E-state index contributed by atoms with van der Waals surface area (Å²) in [5, 5.41) is 0. The van der Waals surface area contributed by atoms with Gasteiger partial charge in [-0.2, -0.15) is 0 Å². The summed E-state index contributed by atoms with van der Waals surface area (Å²) in [5.74, 6) is 1.75. The molecule has 1 saturated heterocycles. The van der Waals surface area contributed by atoms with E-state index in [1.165, 1.54) is 6.42 Å². The van der Waals surface area contributed by atoms with Crippen LogP contribution >= 0.6 is 0 Å². The van der Waals surface area contributed by atoms with Gasteiger partial charge in [0.1, 0.15) is 0 Å². The van der Waals surface area contributed by atoms with E-state index in [2.05, 4.69) is 13.5 Å². The lowest BCUT2D eigenvalue weighted by Gasteiger charge is -2.20. The number of rotatable bonds is 0. The molecule has 0 amide bonds. The summed E-state index contributed by atoms with van der Waals surface area (Å²) in [5.41, 5.74) is 0. The lowest BCUT2D eigenvalue weighted by atomic mass is 10.0. The largest absolute Gasteiger partial charge is 0.499 e. The molecule has 0 spiro atoms. The lowest BCUT2D eigenvalue weighted by Crippen LogP contribution is -2.10. The number of hydrogen-bond acceptors (Lipinski definition) is 1. The van der Waals surface area contributed by atoms with Gasteiger partial charge in [-0.1, -0.05) is 27.4 Å². The minimum absolute atomic E-state index is 0.788. The van der Waals surface area contributed by atoms with Crippen molar-refractivity contribution in [2.24, 2.45) is 5.92 Å². The highest BCUT2D eigenvalue weighted by atomic mass is 16.5. The highest BCUT2D eigenvalue weighted by Gasteiger charge is 2.10. The number of hydrogen-bond donors (Lipinski definition) is 0. The molecule has 1 atom stereocenters. The summed E-state index contributed by atoms with van der Waals surface area (Å²) in [6, 6.07) is 0. The fourth-order valence-corrected chi connectivity index (χ4v) is 0.954. The summed E-state index contributed by atoms with van der Waals surface area (Å²) < 4.78 is 5.15. The van der Waals surface area contributed by atoms with Crippen molar-refractivity contribution in [2.45, 2.75) is 33.6 Å². The Kier molecular flexibility index (Phi) is 5.09. The molecule has 1 fully saturated rings. The maximum absolute atomic E-state index is 5.15. The Hall–Kier alpha value is -0.460. The van der Waals surface area contributed by atoms with E-state index >= 15 is 0 Å². The maximum atomic E-state index is 5.15. The molecule has 0 N–H and O–H groups in total. The molecule has 0 saturated carbocycles. The normalized spacial score (nSPS) is 24.3. The van der Waals surface area contributed by atoms with Crippen molar-refractivity contribution in [2.75, 3.05) is 6.61 Å². The van der Waals surface area contributed by atoms with Crippen molar-refractivity contribution >= 4 is 0 Å². The zero-order chi connectivity index (χ0) is 7.98. The smallest absolute Gasteiger partial charge is 0.0890 e. The molecule has 1 aliphatic rings. The van der Waals surface area contributed by atoms with E-state index in [0.29, 0.717) is 0 Å². The topological polar surface area (TPSA) is 9.23 Å². The molecule has 0 aromatic rings. The van der Waals surface area contributed by atoms with E-state index in [9.17, 15) is 0 Å². The third kappa shape index (κ3) is 3.54. The maximum Gasteiger partial charge on any atom is 0.0890 e. The zero-order valence-electron chi connectivity index (χ0n) is 7.31. The minimum Gasteiger partial charge on any atom is -0.499 e. The van der Waals surface area contributed by atoms with Crippen molar-refractivity contribution in [3.8, 4) is 0 Å². The second-order valence-electron chi connectivity index (χ2n) is 2.49. The van der Waals surface area contributed by atoms with Crippen molar-refractivity contribution in [1.82, 2.24) is 0 Å². The molecule has 0 aliphatic carbocycles. The van der Waals surface area contributed by atoms with Gasteiger partial charge >= 0.3 is 0 Å². The molecular weight excluding hydrogens is 124 g/mol. The van der Waals surface area contributed by atoms with Crippen LogP contribution in [0.1, 0.15) is 33.6 Å². The Labute approximate surface area is 64.1 Å². The minimum atomic E-state index is 0.788. The number of ether oxygens (including phenoxy) is 1. The van der Waals surface area contributed by atoms with Gasteiger partial charge in [0.25, 0.3) is 0 Å². The van der Waals surface area contributed by atoms with E-state index in [-0.39, 0.29) is 0 Å². The molecule has 0 bridgehead atoms. The third-order valence-corrected chi connectivity index (χ3v) is 1.49. The van der Waals surface area contributed by atoms with Crippen molar-refractivity contribution in [3.63, 3.8) is 0 Å². The molecule has 0 radical (unpaired) electrons. The van der Waals surface area contributed by atoms with Gasteiger partial charge in [-0.3, -0.25) is 0 Å². The fraction of sp³-hybridized carbons (Fsp3) is 0.778. The molecule has 10 heavy (non-hydrogen) atoms. The summed E-state index contributed by atoms with van der Waals surface area (Å²) >= 11 is 0. The van der Waals surface area contributed by atoms with Gasteiger partial charge in [-0.15, -0.1) is 0 Å². The highest BCUT2D eigenvalue weighted by molar-refractivity contribution is 4.87. The lowest BCUT2D eigenvalue weighted by molar-refractivity contribution is 0.139. The van der Waals surface area contributed by atoms with Crippen LogP contribution in [0.15, 0.2) is 12.3 Å². The van der Waals surface area contributed by atoms with Crippen LogP contribution in [0, 0.1) is 5.92 Å². The molecule has 1 aliphatic heterocycles. The summed E-state index contributed by atoms with van der Waals surface area (Å²) in [6.45, 7) is 10.8. The van der Waals surface area contributed by atoms with Crippen LogP contribution < -0.4 is 0 Å². The predicted molar refractivity (Wildman–Crippen MR) is 44.8 cm³/mol. The van der Waals surface area contributed by atoms with E-state index in [4.69, 9.17) is 4.74 Å². The van der Waals surface area contributed by atoms with Gasteiger partial charge < -0.3 is 4.74 Å². The van der Waals surface area contributed by atoms with Crippen LogP contribution in [0.4, 0.5) is 0 Å². The average molecular weight is 142 g/mol. The van der Waals surface area contributed by atoms with Gasteiger partial charge in [0.2, 0.25) is 0 Å². The Morgan fingerprint density at radius 3 is 2.40 bits per heavy atom. The SMILES string of the molecule is C=C1CC(C)CCO1.CC.